The van der Waals surface area contributed by atoms with Crippen molar-refractivity contribution in [1.82, 2.24) is 5.32 Å². The molecule has 0 fully saturated rings. The lowest BCUT2D eigenvalue weighted by atomic mass is 10.1. The van der Waals surface area contributed by atoms with Crippen LogP contribution in [0.5, 0.6) is 17.2 Å². The summed E-state index contributed by atoms with van der Waals surface area (Å²) in [6.45, 7) is 0.401. The topological polar surface area (TPSA) is 56.8 Å². The Kier molecular flexibility index (Phi) is 7.01. The van der Waals surface area contributed by atoms with Crippen molar-refractivity contribution in [2.24, 2.45) is 0 Å². The summed E-state index contributed by atoms with van der Waals surface area (Å²) in [6, 6.07) is 3.62. The number of nitrogens with one attached hydrogen (secondary N) is 1. The van der Waals surface area contributed by atoms with E-state index in [1.54, 1.807) is 21.3 Å². The summed E-state index contributed by atoms with van der Waals surface area (Å²) >= 11 is 5.55. The molecule has 1 rings (SSSR count). The molecule has 1 amide bonds. The van der Waals surface area contributed by atoms with Crippen LogP contribution in [0, 0.1) is 0 Å². The number of carbonyl (C=O) groups is 1. The molecule has 6 heteroatoms. The lowest BCUT2D eigenvalue weighted by Crippen LogP contribution is -2.22. The third-order valence-electron chi connectivity index (χ3n) is 2.75. The molecule has 0 aliphatic rings. The number of alkyl halides is 1. The van der Waals surface area contributed by atoms with E-state index in [1.807, 2.05) is 12.1 Å². The molecule has 112 valence electrons. The number of rotatable bonds is 8. The highest BCUT2D eigenvalue weighted by atomic mass is 35.5. The lowest BCUT2D eigenvalue weighted by molar-refractivity contribution is -0.121. The predicted octanol–water partition coefficient (Wildman–Crippen LogP) is 2.35. The van der Waals surface area contributed by atoms with Gasteiger partial charge in [-0.25, -0.2) is 0 Å². The van der Waals surface area contributed by atoms with Gasteiger partial charge in [0.1, 0.15) is 0 Å². The third kappa shape index (κ3) is 4.49. The van der Waals surface area contributed by atoms with Gasteiger partial charge in [-0.2, -0.15) is 0 Å². The SMILES string of the molecule is COc1cc(CNC(=O)CCCCl)cc(OC)c1OC. The first-order valence-electron chi connectivity index (χ1n) is 6.27. The maximum atomic E-state index is 11.6. The molecular weight excluding hydrogens is 282 g/mol. The van der Waals surface area contributed by atoms with Crippen LogP contribution in [0.1, 0.15) is 18.4 Å². The molecule has 1 N–H and O–H groups in total. The largest absolute Gasteiger partial charge is 0.493 e. The van der Waals surface area contributed by atoms with Gasteiger partial charge in [0.2, 0.25) is 11.7 Å². The van der Waals surface area contributed by atoms with Crippen molar-refractivity contribution in [3.8, 4) is 17.2 Å². The molecule has 0 saturated heterocycles. The second-order valence-corrected chi connectivity index (χ2v) is 4.48. The van der Waals surface area contributed by atoms with Crippen molar-refractivity contribution in [1.29, 1.82) is 0 Å². The van der Waals surface area contributed by atoms with Crippen molar-refractivity contribution in [3.05, 3.63) is 17.7 Å². The van der Waals surface area contributed by atoms with E-state index in [1.165, 1.54) is 0 Å². The van der Waals surface area contributed by atoms with Crippen molar-refractivity contribution >= 4 is 17.5 Å². The van der Waals surface area contributed by atoms with Crippen LogP contribution in [-0.2, 0) is 11.3 Å². The number of methoxy groups -OCH3 is 3. The summed E-state index contributed by atoms with van der Waals surface area (Å²) in [4.78, 5) is 11.6. The average molecular weight is 302 g/mol. The van der Waals surface area contributed by atoms with E-state index < -0.39 is 0 Å². The van der Waals surface area contributed by atoms with Crippen LogP contribution < -0.4 is 19.5 Å². The van der Waals surface area contributed by atoms with Crippen molar-refractivity contribution < 1.29 is 19.0 Å². The molecule has 0 radical (unpaired) electrons. The van der Waals surface area contributed by atoms with Gasteiger partial charge in [0.05, 0.1) is 21.3 Å². The molecule has 0 heterocycles. The van der Waals surface area contributed by atoms with Gasteiger partial charge in [-0.15, -0.1) is 11.6 Å². The summed E-state index contributed by atoms with van der Waals surface area (Å²) in [6.07, 6.45) is 1.09. The number of carbonyl (C=O) groups excluding carboxylic acids is 1. The molecule has 1 aromatic rings. The summed E-state index contributed by atoms with van der Waals surface area (Å²) in [5, 5.41) is 2.82. The highest BCUT2D eigenvalue weighted by molar-refractivity contribution is 6.17. The maximum absolute atomic E-state index is 11.6. The molecule has 0 aliphatic carbocycles. The van der Waals surface area contributed by atoms with E-state index in [0.29, 0.717) is 42.5 Å². The van der Waals surface area contributed by atoms with Crippen LogP contribution in [0.15, 0.2) is 12.1 Å². The number of benzene rings is 1. The molecule has 0 spiro atoms. The summed E-state index contributed by atoms with van der Waals surface area (Å²) in [5.41, 5.74) is 0.874. The third-order valence-corrected chi connectivity index (χ3v) is 3.02. The number of hydrogen-bond acceptors (Lipinski definition) is 4. The minimum atomic E-state index is -0.0283. The second-order valence-electron chi connectivity index (χ2n) is 4.10. The Morgan fingerprint density at radius 1 is 1.15 bits per heavy atom. The van der Waals surface area contributed by atoms with Crippen LogP contribution in [0.25, 0.3) is 0 Å². The quantitative estimate of drug-likeness (QED) is 0.749. The zero-order chi connectivity index (χ0) is 15.0. The Labute approximate surface area is 124 Å². The number of amides is 1. The Bertz CT molecular complexity index is 426. The number of halogens is 1. The standard InChI is InChI=1S/C14H20ClNO4/c1-18-11-7-10(8-12(19-2)14(11)20-3)9-16-13(17)5-4-6-15/h7-8H,4-6,9H2,1-3H3,(H,16,17). The number of hydrogen-bond donors (Lipinski definition) is 1. The van der Waals surface area contributed by atoms with E-state index in [-0.39, 0.29) is 5.91 Å². The Balaban J connectivity index is 2.78. The first kappa shape index (κ1) is 16.4. The molecule has 0 bridgehead atoms. The molecule has 0 saturated carbocycles. The van der Waals surface area contributed by atoms with Gasteiger partial charge in [-0.1, -0.05) is 0 Å². The van der Waals surface area contributed by atoms with Crippen molar-refractivity contribution in [3.63, 3.8) is 0 Å². The lowest BCUT2D eigenvalue weighted by Gasteiger charge is -2.14. The van der Waals surface area contributed by atoms with Crippen LogP contribution >= 0.6 is 11.6 Å². The zero-order valence-electron chi connectivity index (χ0n) is 12.0. The van der Waals surface area contributed by atoms with E-state index in [0.717, 1.165) is 5.56 Å². The van der Waals surface area contributed by atoms with Crippen LogP contribution in [0.3, 0.4) is 0 Å². The van der Waals surface area contributed by atoms with Gasteiger partial charge in [0.15, 0.2) is 11.5 Å². The van der Waals surface area contributed by atoms with Crippen molar-refractivity contribution in [2.45, 2.75) is 19.4 Å². The first-order valence-corrected chi connectivity index (χ1v) is 6.81. The van der Waals surface area contributed by atoms with Gasteiger partial charge >= 0.3 is 0 Å². The highest BCUT2D eigenvalue weighted by Gasteiger charge is 2.13. The minimum Gasteiger partial charge on any atom is -0.493 e. The molecule has 0 aliphatic heterocycles. The van der Waals surface area contributed by atoms with Crippen LogP contribution in [0.4, 0.5) is 0 Å². The molecule has 5 nitrogen and oxygen atoms in total. The molecular formula is C14H20ClNO4. The van der Waals surface area contributed by atoms with E-state index in [2.05, 4.69) is 5.32 Å². The summed E-state index contributed by atoms with van der Waals surface area (Å²) in [5.74, 6) is 2.12. The first-order chi connectivity index (χ1) is 9.65. The molecule has 0 unspecified atom stereocenters. The Morgan fingerprint density at radius 3 is 2.20 bits per heavy atom. The van der Waals surface area contributed by atoms with Gasteiger partial charge < -0.3 is 19.5 Å². The Hall–Kier alpha value is -1.62. The molecule has 0 aromatic heterocycles. The predicted molar refractivity (Wildman–Crippen MR) is 77.9 cm³/mol. The van der Waals surface area contributed by atoms with E-state index in [4.69, 9.17) is 25.8 Å². The van der Waals surface area contributed by atoms with E-state index in [9.17, 15) is 4.79 Å². The fourth-order valence-corrected chi connectivity index (χ4v) is 1.89. The average Bonchev–Trinajstić information content (AvgIpc) is 2.49. The maximum Gasteiger partial charge on any atom is 0.220 e. The van der Waals surface area contributed by atoms with Crippen molar-refractivity contribution in [2.75, 3.05) is 27.2 Å². The molecule has 1 aromatic carbocycles. The fourth-order valence-electron chi connectivity index (χ4n) is 1.75. The zero-order valence-corrected chi connectivity index (χ0v) is 12.8. The minimum absolute atomic E-state index is 0.0283. The normalized spacial score (nSPS) is 10.0. The van der Waals surface area contributed by atoms with Crippen LogP contribution in [0.2, 0.25) is 0 Å². The van der Waals surface area contributed by atoms with E-state index >= 15 is 0 Å². The number of ether oxygens (including phenoxy) is 3. The summed E-state index contributed by atoms with van der Waals surface area (Å²) in [7, 11) is 4.66. The highest BCUT2D eigenvalue weighted by Crippen LogP contribution is 2.38. The molecule has 20 heavy (non-hydrogen) atoms. The summed E-state index contributed by atoms with van der Waals surface area (Å²) < 4.78 is 15.8. The molecule has 0 atom stereocenters. The fraction of sp³-hybridized carbons (Fsp3) is 0.500. The smallest absolute Gasteiger partial charge is 0.220 e. The second kappa shape index (κ2) is 8.53. The van der Waals surface area contributed by atoms with Gasteiger partial charge in [-0.05, 0) is 24.1 Å². The Morgan fingerprint density at radius 2 is 1.75 bits per heavy atom. The van der Waals surface area contributed by atoms with Gasteiger partial charge in [0.25, 0.3) is 0 Å². The van der Waals surface area contributed by atoms with Gasteiger partial charge in [0, 0.05) is 18.8 Å². The van der Waals surface area contributed by atoms with Gasteiger partial charge in [-0.3, -0.25) is 4.79 Å². The van der Waals surface area contributed by atoms with Crippen LogP contribution in [-0.4, -0.2) is 33.1 Å². The monoisotopic (exact) mass is 301 g/mol.